The second kappa shape index (κ2) is 26.7. The lowest BCUT2D eigenvalue weighted by Crippen LogP contribution is -2.49. The molecule has 2 saturated heterocycles. The minimum atomic E-state index is -1.19. The maximum absolute atomic E-state index is 17.3. The van der Waals surface area contributed by atoms with Gasteiger partial charge in [0.15, 0.2) is 17.4 Å². The molecule has 9 heterocycles. The van der Waals surface area contributed by atoms with E-state index in [1.54, 1.807) is 47.2 Å². The number of hydrogen-bond donors (Lipinski definition) is 2. The van der Waals surface area contributed by atoms with Gasteiger partial charge in [0.25, 0.3) is 11.8 Å². The fourth-order valence-corrected chi connectivity index (χ4v) is 13.9. The van der Waals surface area contributed by atoms with Crippen LogP contribution >= 0.6 is 0 Å². The van der Waals surface area contributed by atoms with E-state index in [1.807, 2.05) is 64.4 Å². The molecule has 4 aliphatic heterocycles. The number of rotatable bonds is 18. The van der Waals surface area contributed by atoms with Crippen LogP contribution in [0.3, 0.4) is 0 Å². The van der Waals surface area contributed by atoms with Crippen LogP contribution in [-0.4, -0.2) is 179 Å². The third-order valence-corrected chi connectivity index (χ3v) is 19.3. The van der Waals surface area contributed by atoms with Crippen LogP contribution in [0.25, 0.3) is 55.2 Å². The summed E-state index contributed by atoms with van der Waals surface area (Å²) in [7, 11) is 4.69. The maximum atomic E-state index is 17.3. The number of aliphatic carboxylic acids is 1. The van der Waals surface area contributed by atoms with E-state index in [-0.39, 0.29) is 42.0 Å². The van der Waals surface area contributed by atoms with E-state index in [0.717, 1.165) is 75.2 Å². The van der Waals surface area contributed by atoms with E-state index in [0.29, 0.717) is 160 Å². The summed E-state index contributed by atoms with van der Waals surface area (Å²) in [4.78, 5) is 96.8. The minimum Gasteiger partial charge on any atom is -0.496 e. The molecule has 1 aliphatic carbocycles. The molecule has 1 unspecified atom stereocenters. The molecule has 5 aliphatic rings. The molecule has 3 aromatic carbocycles. The zero-order valence-corrected chi connectivity index (χ0v) is 54.3. The predicted octanol–water partition coefficient (Wildman–Crippen LogP) is 10.4. The van der Waals surface area contributed by atoms with Gasteiger partial charge in [-0.15, -0.1) is 0 Å². The fraction of sp³-hybridized carbons (Fsp3) is 0.370. The second-order valence-electron chi connectivity index (χ2n) is 25.2. The molecule has 8 aromatic rings. The minimum absolute atomic E-state index is 0.112. The van der Waals surface area contributed by atoms with Gasteiger partial charge in [0.05, 0.1) is 44.2 Å². The molecule has 2 N–H and O–H groups in total. The van der Waals surface area contributed by atoms with E-state index < -0.39 is 29.4 Å². The van der Waals surface area contributed by atoms with E-state index in [9.17, 15) is 28.7 Å². The number of aromatic amines is 1. The molecule has 95 heavy (non-hydrogen) atoms. The highest BCUT2D eigenvalue weighted by molar-refractivity contribution is 6.07. The van der Waals surface area contributed by atoms with Crippen molar-refractivity contribution in [1.29, 1.82) is 0 Å². The van der Waals surface area contributed by atoms with Gasteiger partial charge in [-0.2, -0.15) is 0 Å². The molecular formula is C73H77F2N11O9. The van der Waals surface area contributed by atoms with Crippen molar-refractivity contribution in [1.82, 2.24) is 44.1 Å². The Hall–Kier alpha value is -10.1. The number of carboxylic acids is 1. The number of pyridine rings is 3. The smallest absolute Gasteiger partial charge is 0.315 e. The van der Waals surface area contributed by atoms with Crippen LogP contribution in [0, 0.1) is 23.5 Å². The molecule has 20 nitrogen and oxygen atoms in total. The fourth-order valence-electron chi connectivity index (χ4n) is 13.9. The first kappa shape index (κ1) is 63.6. The van der Waals surface area contributed by atoms with Gasteiger partial charge in [0.1, 0.15) is 28.9 Å². The van der Waals surface area contributed by atoms with Crippen molar-refractivity contribution in [3.8, 4) is 39.5 Å². The van der Waals surface area contributed by atoms with E-state index in [4.69, 9.17) is 24.2 Å². The van der Waals surface area contributed by atoms with Crippen LogP contribution in [0.15, 0.2) is 103 Å². The number of aromatic nitrogens is 5. The number of benzene rings is 3. The maximum Gasteiger partial charge on any atom is 0.315 e. The summed E-state index contributed by atoms with van der Waals surface area (Å²) in [6, 6.07) is 24.5. The zero-order chi connectivity index (χ0) is 66.3. The monoisotopic (exact) mass is 1290 g/mol. The third-order valence-electron chi connectivity index (χ3n) is 19.3. The molecule has 1 atom stereocenters. The van der Waals surface area contributed by atoms with Crippen molar-refractivity contribution >= 4 is 74.1 Å². The van der Waals surface area contributed by atoms with E-state index in [1.165, 1.54) is 27.0 Å². The summed E-state index contributed by atoms with van der Waals surface area (Å²) >= 11 is 0. The number of carbonyl (C=O) groups excluding carboxylic acids is 4. The number of carbonyl (C=O) groups is 5. The van der Waals surface area contributed by atoms with Crippen LogP contribution in [0.5, 0.6) is 17.2 Å². The first-order valence-electron chi connectivity index (χ1n) is 32.6. The highest BCUT2D eigenvalue weighted by Crippen LogP contribution is 2.44. The van der Waals surface area contributed by atoms with Gasteiger partial charge in [-0.25, -0.2) is 13.8 Å². The van der Waals surface area contributed by atoms with Crippen molar-refractivity contribution in [2.24, 2.45) is 11.8 Å². The van der Waals surface area contributed by atoms with Crippen LogP contribution in [-0.2, 0) is 33.8 Å². The van der Waals surface area contributed by atoms with Crippen molar-refractivity contribution in [2.75, 3.05) is 110 Å². The Labute approximate surface area is 549 Å². The summed E-state index contributed by atoms with van der Waals surface area (Å²) in [6.45, 7) is 10.7. The van der Waals surface area contributed by atoms with Crippen LogP contribution in [0.2, 0.25) is 0 Å². The molecular weight excluding hydrogens is 1210 g/mol. The number of piperazine rings is 2. The Kier molecular flexibility index (Phi) is 17.9. The predicted molar refractivity (Wildman–Crippen MR) is 359 cm³/mol. The standard InChI is InChI=1S/C73H77F2N11O9/c1-7-59-53(57-31-49(71(89)82-28-24-81(25-29-82)69-65(95-6)33-50(74)38-77-69)30-48-32-62(86(68(48)57)40-45-16-17-45)47-13-11-21-85(42-47)70(88)43(2)73(91)92)19-18-51(78-59)34-52-35-64(94-5)58(39-76-52)55-36-54(46-12-10-20-84(41-46)44(3)87)66(75)67-56(55)37-60(79-67)72(90)83-26-22-80(23-27-83)61-14-8-9-15-63(61)93-4/h8-9,12-15,18-19,30-33,35-39,43,45,79H,7,10-11,16-17,20-29,34,40-42H2,1-6H3,(H,91,92). The molecule has 492 valence electrons. The Balaban J connectivity index is 0.841. The van der Waals surface area contributed by atoms with Crippen LogP contribution < -0.4 is 24.0 Å². The lowest BCUT2D eigenvalue weighted by atomic mass is 9.93. The Morgan fingerprint density at radius 3 is 2.06 bits per heavy atom. The number of fused-ring (bicyclic) bond motifs is 2. The number of nitrogens with zero attached hydrogens (tertiary/aromatic N) is 10. The number of anilines is 2. The van der Waals surface area contributed by atoms with Gasteiger partial charge in [-0.3, -0.25) is 33.9 Å². The first-order chi connectivity index (χ1) is 46.0. The molecule has 0 spiro atoms. The Morgan fingerprint density at radius 1 is 0.663 bits per heavy atom. The van der Waals surface area contributed by atoms with Gasteiger partial charge in [0, 0.05) is 178 Å². The number of halogens is 2. The van der Waals surface area contributed by atoms with Crippen molar-refractivity contribution in [3.63, 3.8) is 0 Å². The third kappa shape index (κ3) is 12.6. The van der Waals surface area contributed by atoms with E-state index in [2.05, 4.69) is 44.6 Å². The molecule has 1 saturated carbocycles. The van der Waals surface area contributed by atoms with Gasteiger partial charge < -0.3 is 58.3 Å². The largest absolute Gasteiger partial charge is 0.496 e. The summed E-state index contributed by atoms with van der Waals surface area (Å²) in [6.07, 6.45) is 11.0. The average molecular weight is 1290 g/mol. The molecule has 0 radical (unpaired) electrons. The van der Waals surface area contributed by atoms with Crippen LogP contribution in [0.1, 0.15) is 95.6 Å². The lowest BCUT2D eigenvalue weighted by molar-refractivity contribution is -0.150. The number of methoxy groups -OCH3 is 3. The number of hydrogen-bond acceptors (Lipinski definition) is 13. The number of ether oxygens (including phenoxy) is 3. The highest BCUT2D eigenvalue weighted by Gasteiger charge is 2.34. The number of nitrogens with one attached hydrogen (secondary N) is 1. The summed E-state index contributed by atoms with van der Waals surface area (Å²) in [5, 5.41) is 11.1. The Morgan fingerprint density at radius 2 is 1.36 bits per heavy atom. The average Bonchev–Trinajstić information content (AvgIpc) is 1.67. The van der Waals surface area contributed by atoms with Crippen molar-refractivity contribution < 1.29 is 52.1 Å². The number of amides is 4. The number of aryl methyl sites for hydroxylation is 1. The second-order valence-corrected chi connectivity index (χ2v) is 25.2. The van der Waals surface area contributed by atoms with Gasteiger partial charge in [0.2, 0.25) is 11.8 Å². The Bertz CT molecular complexity index is 4420. The molecule has 22 heteroatoms. The zero-order valence-electron chi connectivity index (χ0n) is 54.3. The molecule has 13 rings (SSSR count). The van der Waals surface area contributed by atoms with Gasteiger partial charge >= 0.3 is 5.97 Å². The first-order valence-corrected chi connectivity index (χ1v) is 32.6. The van der Waals surface area contributed by atoms with Crippen molar-refractivity contribution in [3.05, 3.63) is 155 Å². The van der Waals surface area contributed by atoms with Gasteiger partial charge in [-0.1, -0.05) is 37.3 Å². The quantitative estimate of drug-likeness (QED) is 0.0766. The van der Waals surface area contributed by atoms with E-state index >= 15 is 9.18 Å². The number of para-hydroxylation sites is 2. The highest BCUT2D eigenvalue weighted by atomic mass is 19.1. The number of H-pyrrole nitrogens is 1. The molecule has 4 amide bonds. The summed E-state index contributed by atoms with van der Waals surface area (Å²) in [5.41, 5.74) is 10.5. The van der Waals surface area contributed by atoms with Gasteiger partial charge in [-0.05, 0) is 110 Å². The SMILES string of the molecule is CCc1nc(Cc2cc(OC)c(-c3cc(C4=CCCN(C(C)=O)C4)c(F)c4[nH]c(C(=O)N5CCN(c6ccccc6OC)CC5)cc34)cn2)ccc1-c1cc(C(=O)N2CCN(c3ncc(F)cc3OC)CC2)cc2cc(C3=CCCN(C(=O)C(C)C(=O)O)C3)n(CC3CC3)c12. The van der Waals surface area contributed by atoms with Crippen molar-refractivity contribution in [2.45, 2.75) is 65.8 Å². The number of carboxylic acid groups (broad SMARTS) is 1. The normalized spacial score (nSPS) is 16.5. The summed E-state index contributed by atoms with van der Waals surface area (Å²) < 4.78 is 51.1. The lowest BCUT2D eigenvalue weighted by Gasteiger charge is -2.36. The topological polar surface area (TPSA) is 212 Å². The molecule has 3 fully saturated rings. The molecule has 0 bridgehead atoms. The summed E-state index contributed by atoms with van der Waals surface area (Å²) in [5.74, 6) is -1.93. The molecule has 5 aromatic heterocycles. The van der Waals surface area contributed by atoms with Crippen LogP contribution in [0.4, 0.5) is 20.3 Å².